The summed E-state index contributed by atoms with van der Waals surface area (Å²) in [4.78, 5) is 29.2. The van der Waals surface area contributed by atoms with Gasteiger partial charge in [-0.15, -0.1) is 0 Å². The molecule has 0 amide bonds. The summed E-state index contributed by atoms with van der Waals surface area (Å²) < 4.78 is 21.6. The molecule has 7 heteroatoms. The minimum absolute atomic E-state index is 0.191. The molecule has 0 bridgehead atoms. The minimum Gasteiger partial charge on any atom is -0.497 e. The van der Waals surface area contributed by atoms with Crippen molar-refractivity contribution < 1.29 is 28.5 Å². The SMILES string of the molecule is CCOc1cc(/C=C2/N=C(Cc3ccccc3)OC2=O)ccc1OC(=O)c1ccc(OC)cc1. The van der Waals surface area contributed by atoms with Crippen LogP contribution >= 0.6 is 0 Å². The molecule has 3 aromatic rings. The number of carbonyl (C=O) groups excluding carboxylic acids is 2. The molecule has 4 rings (SSSR count). The van der Waals surface area contributed by atoms with Crippen molar-refractivity contribution >= 4 is 23.9 Å². The van der Waals surface area contributed by atoms with Crippen molar-refractivity contribution in [3.05, 3.63) is 95.2 Å². The predicted octanol–water partition coefficient (Wildman–Crippen LogP) is 4.85. The van der Waals surface area contributed by atoms with Crippen molar-refractivity contribution in [2.24, 2.45) is 4.99 Å². The van der Waals surface area contributed by atoms with E-state index in [0.717, 1.165) is 5.56 Å². The molecular weight excluding hydrogens is 434 g/mol. The van der Waals surface area contributed by atoms with Crippen LogP contribution in [0.15, 0.2) is 83.5 Å². The maximum absolute atomic E-state index is 12.6. The Morgan fingerprint density at radius 1 is 1.00 bits per heavy atom. The molecule has 172 valence electrons. The zero-order valence-electron chi connectivity index (χ0n) is 18.8. The first kappa shape index (κ1) is 22.8. The number of benzene rings is 3. The molecule has 1 heterocycles. The molecule has 0 atom stereocenters. The van der Waals surface area contributed by atoms with Crippen LogP contribution in [0.4, 0.5) is 0 Å². The Bertz CT molecular complexity index is 1250. The van der Waals surface area contributed by atoms with Gasteiger partial charge in [0, 0.05) is 6.42 Å². The number of cyclic esters (lactones) is 1. The topological polar surface area (TPSA) is 83.4 Å². The van der Waals surface area contributed by atoms with Gasteiger partial charge in [0.15, 0.2) is 17.2 Å². The van der Waals surface area contributed by atoms with Crippen LogP contribution in [0.25, 0.3) is 6.08 Å². The molecular formula is C27H23NO6. The molecule has 1 aliphatic rings. The summed E-state index contributed by atoms with van der Waals surface area (Å²) in [5.41, 5.74) is 2.22. The Morgan fingerprint density at radius 2 is 1.76 bits per heavy atom. The molecule has 0 saturated carbocycles. The number of hydrogen-bond donors (Lipinski definition) is 0. The number of rotatable bonds is 8. The highest BCUT2D eigenvalue weighted by molar-refractivity contribution is 6.07. The van der Waals surface area contributed by atoms with Gasteiger partial charge in [-0.2, -0.15) is 0 Å². The predicted molar refractivity (Wildman–Crippen MR) is 127 cm³/mol. The highest BCUT2D eigenvalue weighted by Crippen LogP contribution is 2.31. The van der Waals surface area contributed by atoms with E-state index in [1.54, 1.807) is 55.7 Å². The summed E-state index contributed by atoms with van der Waals surface area (Å²) in [5, 5.41) is 0. The second-order valence-corrected chi connectivity index (χ2v) is 7.34. The molecule has 7 nitrogen and oxygen atoms in total. The average Bonchev–Trinajstić information content (AvgIpc) is 3.19. The van der Waals surface area contributed by atoms with E-state index in [1.807, 2.05) is 37.3 Å². The van der Waals surface area contributed by atoms with Gasteiger partial charge in [-0.25, -0.2) is 14.6 Å². The summed E-state index contributed by atoms with van der Waals surface area (Å²) in [6.45, 7) is 2.20. The maximum Gasteiger partial charge on any atom is 0.363 e. The smallest absolute Gasteiger partial charge is 0.363 e. The van der Waals surface area contributed by atoms with Gasteiger partial charge in [-0.05, 0) is 60.5 Å². The van der Waals surface area contributed by atoms with Crippen molar-refractivity contribution in [1.82, 2.24) is 0 Å². The lowest BCUT2D eigenvalue weighted by molar-refractivity contribution is -0.130. The molecule has 0 saturated heterocycles. The minimum atomic E-state index is -0.524. The number of aliphatic imine (C=N–C) groups is 1. The number of hydrogen-bond acceptors (Lipinski definition) is 7. The first-order valence-electron chi connectivity index (χ1n) is 10.7. The number of methoxy groups -OCH3 is 1. The van der Waals surface area contributed by atoms with Crippen molar-refractivity contribution in [3.8, 4) is 17.2 Å². The fourth-order valence-electron chi connectivity index (χ4n) is 3.31. The van der Waals surface area contributed by atoms with Crippen LogP contribution < -0.4 is 14.2 Å². The van der Waals surface area contributed by atoms with E-state index >= 15 is 0 Å². The van der Waals surface area contributed by atoms with Crippen LogP contribution in [-0.2, 0) is 16.0 Å². The van der Waals surface area contributed by atoms with E-state index < -0.39 is 11.9 Å². The fourth-order valence-corrected chi connectivity index (χ4v) is 3.31. The lowest BCUT2D eigenvalue weighted by Crippen LogP contribution is -2.09. The molecule has 34 heavy (non-hydrogen) atoms. The van der Waals surface area contributed by atoms with E-state index in [0.29, 0.717) is 41.6 Å². The number of ether oxygens (including phenoxy) is 4. The van der Waals surface area contributed by atoms with E-state index in [2.05, 4.69) is 4.99 Å². The average molecular weight is 457 g/mol. The summed E-state index contributed by atoms with van der Waals surface area (Å²) in [6.07, 6.45) is 2.03. The third-order valence-corrected chi connectivity index (χ3v) is 4.96. The van der Waals surface area contributed by atoms with Crippen molar-refractivity contribution in [3.63, 3.8) is 0 Å². The molecule has 0 radical (unpaired) electrons. The second-order valence-electron chi connectivity index (χ2n) is 7.34. The van der Waals surface area contributed by atoms with Gasteiger partial charge in [-0.3, -0.25) is 0 Å². The van der Waals surface area contributed by atoms with Gasteiger partial charge in [0.1, 0.15) is 5.75 Å². The van der Waals surface area contributed by atoms with Gasteiger partial charge >= 0.3 is 11.9 Å². The molecule has 0 spiro atoms. The van der Waals surface area contributed by atoms with Crippen LogP contribution in [0.1, 0.15) is 28.4 Å². The lowest BCUT2D eigenvalue weighted by Gasteiger charge is -2.11. The third-order valence-electron chi connectivity index (χ3n) is 4.96. The molecule has 0 aliphatic carbocycles. The quantitative estimate of drug-likeness (QED) is 0.273. The molecule has 0 N–H and O–H groups in total. The molecule has 0 unspecified atom stereocenters. The largest absolute Gasteiger partial charge is 0.497 e. The Balaban J connectivity index is 1.53. The van der Waals surface area contributed by atoms with Crippen LogP contribution in [0, 0.1) is 0 Å². The normalized spacial score (nSPS) is 13.9. The van der Waals surface area contributed by atoms with E-state index in [9.17, 15) is 9.59 Å². The van der Waals surface area contributed by atoms with Gasteiger partial charge in [0.05, 0.1) is 19.3 Å². The third kappa shape index (κ3) is 5.50. The second kappa shape index (κ2) is 10.5. The highest BCUT2D eigenvalue weighted by Gasteiger charge is 2.23. The molecule has 0 aromatic heterocycles. The Hall–Kier alpha value is -4.39. The van der Waals surface area contributed by atoms with Crippen molar-refractivity contribution in [2.75, 3.05) is 13.7 Å². The summed E-state index contributed by atoms with van der Waals surface area (Å²) >= 11 is 0. The van der Waals surface area contributed by atoms with Gasteiger partial charge in [-0.1, -0.05) is 36.4 Å². The fraction of sp³-hybridized carbons (Fsp3) is 0.148. The van der Waals surface area contributed by atoms with Crippen LogP contribution in [0.3, 0.4) is 0 Å². The van der Waals surface area contributed by atoms with Gasteiger partial charge < -0.3 is 18.9 Å². The first-order chi connectivity index (χ1) is 16.6. The summed E-state index contributed by atoms with van der Waals surface area (Å²) in [6, 6.07) is 21.3. The lowest BCUT2D eigenvalue weighted by atomic mass is 10.1. The highest BCUT2D eigenvalue weighted by atomic mass is 16.6. The molecule has 3 aromatic carbocycles. The number of carbonyl (C=O) groups is 2. The number of nitrogens with zero attached hydrogens (tertiary/aromatic N) is 1. The molecule has 1 aliphatic heterocycles. The van der Waals surface area contributed by atoms with E-state index in [1.165, 1.54) is 0 Å². The Kier molecular flexibility index (Phi) is 7.03. The van der Waals surface area contributed by atoms with E-state index in [-0.39, 0.29) is 11.4 Å². The number of esters is 2. The summed E-state index contributed by atoms with van der Waals surface area (Å²) in [5.74, 6) is 0.593. The van der Waals surface area contributed by atoms with Crippen LogP contribution in [0.2, 0.25) is 0 Å². The van der Waals surface area contributed by atoms with Crippen LogP contribution in [0.5, 0.6) is 17.2 Å². The van der Waals surface area contributed by atoms with Crippen molar-refractivity contribution in [1.29, 1.82) is 0 Å². The van der Waals surface area contributed by atoms with Crippen molar-refractivity contribution in [2.45, 2.75) is 13.3 Å². The maximum atomic E-state index is 12.6. The Labute approximate surface area is 197 Å². The first-order valence-corrected chi connectivity index (χ1v) is 10.7. The van der Waals surface area contributed by atoms with Gasteiger partial charge in [0.2, 0.25) is 5.90 Å². The summed E-state index contributed by atoms with van der Waals surface area (Å²) in [7, 11) is 1.55. The zero-order chi connectivity index (χ0) is 23.9. The monoisotopic (exact) mass is 457 g/mol. The Morgan fingerprint density at radius 3 is 2.47 bits per heavy atom. The van der Waals surface area contributed by atoms with Gasteiger partial charge in [0.25, 0.3) is 0 Å². The molecule has 0 fully saturated rings. The van der Waals surface area contributed by atoms with E-state index in [4.69, 9.17) is 18.9 Å². The standard InChI is InChI=1S/C27H23NO6/c1-3-32-24-16-19(9-14-23(24)33-26(29)20-10-12-21(31-2)13-11-20)15-22-27(30)34-25(28-22)17-18-7-5-4-6-8-18/h4-16H,3,17H2,1-2H3/b22-15+. The van der Waals surface area contributed by atoms with Crippen LogP contribution in [-0.4, -0.2) is 31.6 Å². The zero-order valence-corrected chi connectivity index (χ0v) is 18.8.